The van der Waals surface area contributed by atoms with E-state index in [-0.39, 0.29) is 11.7 Å². The predicted octanol–water partition coefficient (Wildman–Crippen LogP) is 2.55. The van der Waals surface area contributed by atoms with Crippen LogP contribution in [0.2, 0.25) is 5.02 Å². The highest BCUT2D eigenvalue weighted by Gasteiger charge is 2.13. The van der Waals surface area contributed by atoms with Crippen LogP contribution in [0.3, 0.4) is 0 Å². The lowest BCUT2D eigenvalue weighted by Gasteiger charge is -2.07. The van der Waals surface area contributed by atoms with Crippen molar-refractivity contribution in [3.8, 4) is 0 Å². The zero-order chi connectivity index (χ0) is 15.2. The standard InChI is InChI=1S/C15H15ClN2O2S/c16-13-3-1-2-4-14(13)21(20)10-15(19)18-12-7-5-11(9-17)6-8-12/h1-8H,9-10,17H2,(H,18,19). The molecular formula is C15H15ClN2O2S. The van der Waals surface area contributed by atoms with Gasteiger partial charge in [-0.05, 0) is 29.8 Å². The quantitative estimate of drug-likeness (QED) is 0.888. The van der Waals surface area contributed by atoms with Gasteiger partial charge in [0, 0.05) is 12.2 Å². The first-order valence-corrected chi connectivity index (χ1v) is 8.01. The Bertz CT molecular complexity index is 659. The molecule has 0 radical (unpaired) electrons. The molecule has 1 atom stereocenters. The first kappa shape index (κ1) is 15.7. The Labute approximate surface area is 130 Å². The Morgan fingerprint density at radius 2 is 1.81 bits per heavy atom. The number of amides is 1. The van der Waals surface area contributed by atoms with Crippen molar-refractivity contribution < 1.29 is 9.00 Å². The smallest absolute Gasteiger partial charge is 0.237 e. The molecule has 0 bridgehead atoms. The predicted molar refractivity (Wildman–Crippen MR) is 85.7 cm³/mol. The molecular weight excluding hydrogens is 308 g/mol. The molecule has 0 saturated carbocycles. The SMILES string of the molecule is NCc1ccc(NC(=O)CS(=O)c2ccccc2Cl)cc1. The topological polar surface area (TPSA) is 72.2 Å². The Morgan fingerprint density at radius 3 is 2.43 bits per heavy atom. The molecule has 4 nitrogen and oxygen atoms in total. The van der Waals surface area contributed by atoms with Gasteiger partial charge in [0.15, 0.2) is 0 Å². The van der Waals surface area contributed by atoms with Crippen molar-refractivity contribution in [1.82, 2.24) is 0 Å². The minimum absolute atomic E-state index is 0.137. The summed E-state index contributed by atoms with van der Waals surface area (Å²) in [5, 5.41) is 3.10. The summed E-state index contributed by atoms with van der Waals surface area (Å²) in [6.45, 7) is 0.449. The molecule has 0 aromatic heterocycles. The number of carbonyl (C=O) groups is 1. The van der Waals surface area contributed by atoms with Gasteiger partial charge in [0.1, 0.15) is 5.75 Å². The molecule has 0 saturated heterocycles. The second-order valence-corrected chi connectivity index (χ2v) is 6.20. The molecule has 0 heterocycles. The number of halogens is 1. The molecule has 0 spiro atoms. The summed E-state index contributed by atoms with van der Waals surface area (Å²) in [6.07, 6.45) is 0. The lowest BCUT2D eigenvalue weighted by Crippen LogP contribution is -2.19. The van der Waals surface area contributed by atoms with Crippen LogP contribution in [0.25, 0.3) is 0 Å². The fourth-order valence-electron chi connectivity index (χ4n) is 1.75. The van der Waals surface area contributed by atoms with Crippen LogP contribution in [0.5, 0.6) is 0 Å². The summed E-state index contributed by atoms with van der Waals surface area (Å²) in [4.78, 5) is 12.4. The highest BCUT2D eigenvalue weighted by atomic mass is 35.5. The zero-order valence-corrected chi connectivity index (χ0v) is 12.8. The van der Waals surface area contributed by atoms with E-state index in [9.17, 15) is 9.00 Å². The lowest BCUT2D eigenvalue weighted by atomic mass is 10.2. The van der Waals surface area contributed by atoms with Gasteiger partial charge in [-0.15, -0.1) is 0 Å². The molecule has 1 amide bonds. The monoisotopic (exact) mass is 322 g/mol. The second kappa shape index (κ2) is 7.36. The maximum atomic E-state index is 12.1. The van der Waals surface area contributed by atoms with Crippen molar-refractivity contribution in [2.75, 3.05) is 11.1 Å². The number of nitrogens with one attached hydrogen (secondary N) is 1. The van der Waals surface area contributed by atoms with Crippen LogP contribution in [0.15, 0.2) is 53.4 Å². The van der Waals surface area contributed by atoms with Crippen LogP contribution in [-0.4, -0.2) is 15.9 Å². The van der Waals surface area contributed by atoms with Crippen LogP contribution in [0.4, 0.5) is 5.69 Å². The van der Waals surface area contributed by atoms with E-state index in [0.717, 1.165) is 5.56 Å². The van der Waals surface area contributed by atoms with Crippen LogP contribution in [0.1, 0.15) is 5.56 Å². The average molecular weight is 323 g/mol. The zero-order valence-electron chi connectivity index (χ0n) is 11.2. The van der Waals surface area contributed by atoms with Gasteiger partial charge in [0.2, 0.25) is 5.91 Å². The van der Waals surface area contributed by atoms with Crippen molar-refractivity contribution in [3.05, 3.63) is 59.1 Å². The number of rotatable bonds is 5. The molecule has 2 rings (SSSR count). The number of carbonyl (C=O) groups excluding carboxylic acids is 1. The first-order valence-electron chi connectivity index (χ1n) is 6.32. The van der Waals surface area contributed by atoms with E-state index >= 15 is 0 Å². The van der Waals surface area contributed by atoms with Crippen LogP contribution < -0.4 is 11.1 Å². The molecule has 0 aliphatic rings. The van der Waals surface area contributed by atoms with E-state index in [1.165, 1.54) is 0 Å². The normalized spacial score (nSPS) is 11.9. The Kier molecular flexibility index (Phi) is 5.50. The summed E-state index contributed by atoms with van der Waals surface area (Å²) in [6, 6.07) is 14.0. The highest BCUT2D eigenvalue weighted by Crippen LogP contribution is 2.19. The van der Waals surface area contributed by atoms with E-state index in [1.807, 2.05) is 12.1 Å². The number of benzene rings is 2. The van der Waals surface area contributed by atoms with Gasteiger partial charge >= 0.3 is 0 Å². The van der Waals surface area contributed by atoms with Gasteiger partial charge in [-0.3, -0.25) is 9.00 Å². The third kappa shape index (κ3) is 4.39. The Morgan fingerprint density at radius 1 is 1.14 bits per heavy atom. The fourth-order valence-corrected chi connectivity index (χ4v) is 3.12. The van der Waals surface area contributed by atoms with Crippen molar-refractivity contribution in [2.45, 2.75) is 11.4 Å². The summed E-state index contributed by atoms with van der Waals surface area (Å²) in [7, 11) is -1.47. The molecule has 6 heteroatoms. The number of hydrogen-bond donors (Lipinski definition) is 2. The average Bonchev–Trinajstić information content (AvgIpc) is 2.48. The molecule has 0 aliphatic carbocycles. The molecule has 0 fully saturated rings. The third-order valence-electron chi connectivity index (χ3n) is 2.82. The van der Waals surface area contributed by atoms with E-state index in [0.29, 0.717) is 22.2 Å². The molecule has 2 aromatic carbocycles. The fraction of sp³-hybridized carbons (Fsp3) is 0.133. The molecule has 21 heavy (non-hydrogen) atoms. The first-order chi connectivity index (χ1) is 10.1. The van der Waals surface area contributed by atoms with Gasteiger partial charge in [0.05, 0.1) is 20.7 Å². The number of hydrogen-bond acceptors (Lipinski definition) is 3. The summed E-state index contributed by atoms with van der Waals surface area (Å²) in [5.41, 5.74) is 7.13. The maximum Gasteiger partial charge on any atom is 0.237 e. The van der Waals surface area contributed by atoms with Crippen LogP contribution in [0, 0.1) is 0 Å². The van der Waals surface area contributed by atoms with Gasteiger partial charge < -0.3 is 11.1 Å². The molecule has 110 valence electrons. The maximum absolute atomic E-state index is 12.1. The van der Waals surface area contributed by atoms with Crippen molar-refractivity contribution in [2.24, 2.45) is 5.73 Å². The van der Waals surface area contributed by atoms with Gasteiger partial charge in [0.25, 0.3) is 0 Å². The minimum Gasteiger partial charge on any atom is -0.326 e. The summed E-state index contributed by atoms with van der Waals surface area (Å²) < 4.78 is 12.1. The van der Waals surface area contributed by atoms with Crippen molar-refractivity contribution in [3.63, 3.8) is 0 Å². The van der Waals surface area contributed by atoms with Crippen molar-refractivity contribution >= 4 is 34.0 Å². The Hall–Kier alpha value is -1.69. The van der Waals surface area contributed by atoms with Gasteiger partial charge in [-0.1, -0.05) is 35.9 Å². The van der Waals surface area contributed by atoms with Crippen molar-refractivity contribution in [1.29, 1.82) is 0 Å². The van der Waals surface area contributed by atoms with E-state index in [4.69, 9.17) is 17.3 Å². The number of nitrogens with two attached hydrogens (primary N) is 1. The van der Waals surface area contributed by atoms with E-state index in [2.05, 4.69) is 5.32 Å². The molecule has 3 N–H and O–H groups in total. The Balaban J connectivity index is 1.98. The highest BCUT2D eigenvalue weighted by molar-refractivity contribution is 7.86. The third-order valence-corrected chi connectivity index (χ3v) is 4.63. The second-order valence-electron chi connectivity index (χ2n) is 4.37. The molecule has 0 aliphatic heterocycles. The van der Waals surface area contributed by atoms with Crippen LogP contribution >= 0.6 is 11.6 Å². The van der Waals surface area contributed by atoms with E-state index < -0.39 is 10.8 Å². The largest absolute Gasteiger partial charge is 0.326 e. The van der Waals surface area contributed by atoms with Crippen LogP contribution in [-0.2, 0) is 22.1 Å². The summed E-state index contributed by atoms with van der Waals surface area (Å²) in [5.74, 6) is -0.462. The minimum atomic E-state index is -1.47. The van der Waals surface area contributed by atoms with E-state index in [1.54, 1.807) is 36.4 Å². The van der Waals surface area contributed by atoms with Gasteiger partial charge in [-0.25, -0.2) is 0 Å². The van der Waals surface area contributed by atoms with Gasteiger partial charge in [-0.2, -0.15) is 0 Å². The number of anilines is 1. The molecule has 1 unspecified atom stereocenters. The molecule has 2 aromatic rings. The lowest BCUT2D eigenvalue weighted by molar-refractivity contribution is -0.113. The summed E-state index contributed by atoms with van der Waals surface area (Å²) >= 11 is 5.96.